The molecule has 14 heavy (non-hydrogen) atoms. The van der Waals surface area contributed by atoms with E-state index in [9.17, 15) is 0 Å². The van der Waals surface area contributed by atoms with E-state index in [0.717, 1.165) is 19.3 Å². The molecule has 5 heteroatoms. The minimum absolute atomic E-state index is 0.833. The molecular weight excluding hydrogens is 311 g/mol. The fraction of sp³-hybridized carbons (Fsp3) is 0.111. The van der Waals surface area contributed by atoms with Crippen LogP contribution in [0.15, 0.2) is 24.3 Å². The van der Waals surface area contributed by atoms with Gasteiger partial charge in [-0.1, -0.05) is 23.5 Å². The molecule has 0 atom stereocenters. The molecular formula is C9H7IN2OS. The summed E-state index contributed by atoms with van der Waals surface area (Å²) in [5.41, 5.74) is 0.996. The number of nitrogens with zero attached hydrogens (tertiary/aromatic N) is 2. The fourth-order valence-electron chi connectivity index (χ4n) is 1.14. The quantitative estimate of drug-likeness (QED) is 0.799. The summed E-state index contributed by atoms with van der Waals surface area (Å²) in [6.07, 6.45) is 0. The molecule has 0 aliphatic carbocycles. The highest BCUT2D eigenvalue weighted by atomic mass is 127. The van der Waals surface area contributed by atoms with Gasteiger partial charge in [-0.15, -0.1) is 10.2 Å². The summed E-state index contributed by atoms with van der Waals surface area (Å²) in [6.45, 7) is 0. The Morgan fingerprint density at radius 3 is 2.71 bits per heavy atom. The van der Waals surface area contributed by atoms with Gasteiger partial charge in [0.2, 0.25) is 0 Å². The molecule has 0 N–H and O–H groups in total. The third-order valence-corrected chi connectivity index (χ3v) is 3.36. The summed E-state index contributed by atoms with van der Waals surface area (Å²) in [7, 11) is 1.66. The van der Waals surface area contributed by atoms with Gasteiger partial charge in [0.1, 0.15) is 5.75 Å². The zero-order chi connectivity index (χ0) is 9.97. The van der Waals surface area contributed by atoms with E-state index in [2.05, 4.69) is 32.8 Å². The van der Waals surface area contributed by atoms with Crippen molar-refractivity contribution in [3.05, 3.63) is 27.3 Å². The maximum absolute atomic E-state index is 5.25. The van der Waals surface area contributed by atoms with Crippen LogP contribution in [0.3, 0.4) is 0 Å². The molecule has 0 bridgehead atoms. The lowest BCUT2D eigenvalue weighted by Crippen LogP contribution is -1.86. The van der Waals surface area contributed by atoms with Crippen molar-refractivity contribution in [1.82, 2.24) is 10.2 Å². The zero-order valence-corrected chi connectivity index (χ0v) is 10.4. The van der Waals surface area contributed by atoms with Crippen LogP contribution < -0.4 is 4.74 Å². The Labute approximate surface area is 99.3 Å². The third kappa shape index (κ3) is 1.88. The van der Waals surface area contributed by atoms with Crippen LogP contribution in [0.4, 0.5) is 0 Å². The standard InChI is InChI=1S/C9H7IN2OS/c1-13-7-5-3-2-4-6(7)8-11-12-9(10)14-8/h2-5H,1H3. The first-order valence-electron chi connectivity index (χ1n) is 3.93. The number of hydrogen-bond acceptors (Lipinski definition) is 4. The fourth-order valence-corrected chi connectivity index (χ4v) is 2.47. The van der Waals surface area contributed by atoms with E-state index in [1.807, 2.05) is 24.3 Å². The normalized spacial score (nSPS) is 10.1. The average molecular weight is 318 g/mol. The Balaban J connectivity index is 2.50. The predicted octanol–water partition coefficient (Wildman–Crippen LogP) is 2.82. The third-order valence-electron chi connectivity index (χ3n) is 1.74. The van der Waals surface area contributed by atoms with Crippen LogP contribution >= 0.6 is 33.9 Å². The van der Waals surface area contributed by atoms with Gasteiger partial charge in [-0.05, 0) is 34.7 Å². The number of ether oxygens (including phenoxy) is 1. The second-order valence-corrected chi connectivity index (χ2v) is 5.29. The summed E-state index contributed by atoms with van der Waals surface area (Å²) >= 11 is 3.71. The minimum atomic E-state index is 0.833. The lowest BCUT2D eigenvalue weighted by atomic mass is 10.2. The number of para-hydroxylation sites is 1. The molecule has 0 radical (unpaired) electrons. The first-order valence-corrected chi connectivity index (χ1v) is 5.83. The number of rotatable bonds is 2. The number of aromatic nitrogens is 2. The number of methoxy groups -OCH3 is 1. The van der Waals surface area contributed by atoms with Crippen LogP contribution in [0.25, 0.3) is 10.6 Å². The van der Waals surface area contributed by atoms with Gasteiger partial charge in [-0.3, -0.25) is 0 Å². The average Bonchev–Trinajstić information content (AvgIpc) is 2.65. The van der Waals surface area contributed by atoms with Gasteiger partial charge in [0.05, 0.1) is 12.7 Å². The van der Waals surface area contributed by atoms with Gasteiger partial charge < -0.3 is 4.74 Å². The largest absolute Gasteiger partial charge is 0.496 e. The second-order valence-electron chi connectivity index (χ2n) is 2.56. The number of halogens is 1. The van der Waals surface area contributed by atoms with Crippen molar-refractivity contribution < 1.29 is 4.74 Å². The summed E-state index contributed by atoms with van der Waals surface area (Å²) in [5, 5.41) is 8.94. The first kappa shape index (κ1) is 9.85. The van der Waals surface area contributed by atoms with E-state index in [1.54, 1.807) is 18.4 Å². The van der Waals surface area contributed by atoms with Crippen molar-refractivity contribution in [2.45, 2.75) is 0 Å². The van der Waals surface area contributed by atoms with Gasteiger partial charge >= 0.3 is 0 Å². The van der Waals surface area contributed by atoms with E-state index in [1.165, 1.54) is 0 Å². The van der Waals surface area contributed by atoms with E-state index in [0.29, 0.717) is 0 Å². The number of hydrogen-bond donors (Lipinski definition) is 0. The minimum Gasteiger partial charge on any atom is -0.496 e. The molecule has 0 spiro atoms. The van der Waals surface area contributed by atoms with Crippen molar-refractivity contribution in [3.63, 3.8) is 0 Å². The Bertz CT molecular complexity index is 444. The molecule has 0 amide bonds. The Morgan fingerprint density at radius 1 is 1.29 bits per heavy atom. The van der Waals surface area contributed by atoms with Gasteiger partial charge in [0.15, 0.2) is 8.02 Å². The summed E-state index contributed by atoms with van der Waals surface area (Å²) < 4.78 is 6.18. The van der Waals surface area contributed by atoms with E-state index >= 15 is 0 Å². The second kappa shape index (κ2) is 4.22. The van der Waals surface area contributed by atoms with Crippen LogP contribution in [-0.4, -0.2) is 17.3 Å². The summed E-state index contributed by atoms with van der Waals surface area (Å²) in [5.74, 6) is 0.833. The highest BCUT2D eigenvalue weighted by molar-refractivity contribution is 14.1. The lowest BCUT2D eigenvalue weighted by Gasteiger charge is -2.03. The summed E-state index contributed by atoms with van der Waals surface area (Å²) in [4.78, 5) is 0. The molecule has 0 aliphatic rings. The molecule has 1 aromatic heterocycles. The highest BCUT2D eigenvalue weighted by Gasteiger charge is 2.09. The van der Waals surface area contributed by atoms with Gasteiger partial charge in [0, 0.05) is 0 Å². The number of benzene rings is 1. The molecule has 1 heterocycles. The molecule has 0 saturated carbocycles. The molecule has 72 valence electrons. The lowest BCUT2D eigenvalue weighted by molar-refractivity contribution is 0.416. The van der Waals surface area contributed by atoms with Crippen molar-refractivity contribution in [2.75, 3.05) is 7.11 Å². The maximum Gasteiger partial charge on any atom is 0.178 e. The zero-order valence-electron chi connectivity index (χ0n) is 7.40. The van der Waals surface area contributed by atoms with Gasteiger partial charge in [-0.25, -0.2) is 0 Å². The monoisotopic (exact) mass is 318 g/mol. The predicted molar refractivity (Wildman–Crippen MR) is 64.6 cm³/mol. The molecule has 3 nitrogen and oxygen atoms in total. The summed E-state index contributed by atoms with van der Waals surface area (Å²) in [6, 6.07) is 7.81. The van der Waals surface area contributed by atoms with Crippen molar-refractivity contribution in [2.24, 2.45) is 0 Å². The van der Waals surface area contributed by atoms with Gasteiger partial charge in [0.25, 0.3) is 0 Å². The SMILES string of the molecule is COc1ccccc1-c1nnc(I)s1. The maximum atomic E-state index is 5.25. The molecule has 0 saturated heterocycles. The van der Waals surface area contributed by atoms with Crippen molar-refractivity contribution >= 4 is 33.9 Å². The molecule has 0 unspecified atom stereocenters. The van der Waals surface area contributed by atoms with Crippen LogP contribution in [0.5, 0.6) is 5.75 Å². The Hall–Kier alpha value is -0.690. The molecule has 2 aromatic rings. The molecule has 0 aliphatic heterocycles. The first-order chi connectivity index (χ1) is 6.81. The van der Waals surface area contributed by atoms with Crippen LogP contribution in [0.2, 0.25) is 0 Å². The smallest absolute Gasteiger partial charge is 0.178 e. The molecule has 2 rings (SSSR count). The molecule has 0 fully saturated rings. The molecule has 1 aromatic carbocycles. The Kier molecular flexibility index (Phi) is 2.97. The van der Waals surface area contributed by atoms with Crippen molar-refractivity contribution in [1.29, 1.82) is 0 Å². The Morgan fingerprint density at radius 2 is 2.07 bits per heavy atom. The van der Waals surface area contributed by atoms with Crippen molar-refractivity contribution in [3.8, 4) is 16.3 Å². The van der Waals surface area contributed by atoms with E-state index in [-0.39, 0.29) is 0 Å². The van der Waals surface area contributed by atoms with E-state index in [4.69, 9.17) is 4.74 Å². The van der Waals surface area contributed by atoms with Gasteiger partial charge in [-0.2, -0.15) is 0 Å². The van der Waals surface area contributed by atoms with Crippen LogP contribution in [-0.2, 0) is 0 Å². The van der Waals surface area contributed by atoms with Crippen LogP contribution in [0, 0.1) is 3.01 Å². The van der Waals surface area contributed by atoms with Crippen LogP contribution in [0.1, 0.15) is 0 Å². The van der Waals surface area contributed by atoms with E-state index < -0.39 is 0 Å². The topological polar surface area (TPSA) is 35.0 Å². The highest BCUT2D eigenvalue weighted by Crippen LogP contribution is 2.31.